The van der Waals surface area contributed by atoms with Gasteiger partial charge in [0.15, 0.2) is 0 Å². The van der Waals surface area contributed by atoms with Crippen molar-refractivity contribution in [1.82, 2.24) is 10.2 Å². The van der Waals surface area contributed by atoms with Crippen LogP contribution in [-0.2, 0) is 26.2 Å². The summed E-state index contributed by atoms with van der Waals surface area (Å²) in [7, 11) is -4.13. The van der Waals surface area contributed by atoms with E-state index in [0.29, 0.717) is 22.8 Å². The summed E-state index contributed by atoms with van der Waals surface area (Å²) < 4.78 is 28.9. The summed E-state index contributed by atoms with van der Waals surface area (Å²) in [5.74, 6) is -0.567. The number of rotatable bonds is 11. The number of amides is 2. The van der Waals surface area contributed by atoms with E-state index in [4.69, 9.17) is 11.6 Å². The van der Waals surface area contributed by atoms with Gasteiger partial charge in [-0.2, -0.15) is 0 Å². The molecule has 1 N–H and O–H groups in total. The van der Waals surface area contributed by atoms with Gasteiger partial charge < -0.3 is 10.2 Å². The van der Waals surface area contributed by atoms with Gasteiger partial charge in [-0.15, -0.1) is 0 Å². The van der Waals surface area contributed by atoms with E-state index in [1.54, 1.807) is 44.2 Å². The molecule has 208 valence electrons. The quantitative estimate of drug-likeness (QED) is 0.338. The van der Waals surface area contributed by atoms with Crippen LogP contribution in [0.2, 0.25) is 5.02 Å². The van der Waals surface area contributed by atoms with Gasteiger partial charge in [0.2, 0.25) is 11.8 Å². The highest BCUT2D eigenvalue weighted by Gasteiger charge is 2.33. The Morgan fingerprint density at radius 3 is 2.15 bits per heavy atom. The molecule has 7 nitrogen and oxygen atoms in total. The van der Waals surface area contributed by atoms with E-state index in [0.717, 1.165) is 15.4 Å². The number of sulfonamides is 1. The third-order valence-electron chi connectivity index (χ3n) is 6.36. The standard InChI is InChI=1S/C30H36ClN3O4S/c1-21(2)18-32-30(36)24(5)33(19-25-9-7-6-8-10-25)29(35)20-34(28-16-13-26(31)17-23(28)4)39(37,38)27-14-11-22(3)12-15-27/h6-17,21,24H,18-20H2,1-5H3,(H,32,36)/t24-/m1/s1. The molecule has 3 rings (SSSR count). The van der Waals surface area contributed by atoms with Crippen LogP contribution in [0.15, 0.2) is 77.7 Å². The number of carbonyl (C=O) groups excluding carboxylic acids is 2. The lowest BCUT2D eigenvalue weighted by molar-refractivity contribution is -0.139. The molecule has 0 aliphatic carbocycles. The van der Waals surface area contributed by atoms with Gasteiger partial charge in [-0.3, -0.25) is 13.9 Å². The Labute approximate surface area is 236 Å². The second-order valence-corrected chi connectivity index (χ2v) is 12.4. The van der Waals surface area contributed by atoms with Crippen LogP contribution in [0.4, 0.5) is 5.69 Å². The summed E-state index contributed by atoms with van der Waals surface area (Å²) in [6.07, 6.45) is 0. The summed E-state index contributed by atoms with van der Waals surface area (Å²) in [5.41, 5.74) is 2.67. The van der Waals surface area contributed by atoms with Gasteiger partial charge in [-0.05, 0) is 68.1 Å². The van der Waals surface area contributed by atoms with E-state index in [1.165, 1.54) is 17.0 Å². The van der Waals surface area contributed by atoms with Gasteiger partial charge in [0.05, 0.1) is 10.6 Å². The number of benzene rings is 3. The molecule has 0 saturated heterocycles. The minimum Gasteiger partial charge on any atom is -0.354 e. The van der Waals surface area contributed by atoms with Gasteiger partial charge in [0.1, 0.15) is 12.6 Å². The fraction of sp³-hybridized carbons (Fsp3) is 0.333. The molecule has 9 heteroatoms. The number of anilines is 1. The molecule has 0 bridgehead atoms. The molecule has 3 aromatic rings. The van der Waals surface area contributed by atoms with E-state index in [-0.39, 0.29) is 23.3 Å². The molecule has 0 radical (unpaired) electrons. The molecule has 0 spiro atoms. The fourth-order valence-electron chi connectivity index (χ4n) is 4.06. The molecule has 0 fully saturated rings. The van der Waals surface area contributed by atoms with Gasteiger partial charge in [-0.25, -0.2) is 8.42 Å². The van der Waals surface area contributed by atoms with Crippen molar-refractivity contribution in [1.29, 1.82) is 0 Å². The first-order valence-corrected chi connectivity index (χ1v) is 14.7. The molecule has 39 heavy (non-hydrogen) atoms. The van der Waals surface area contributed by atoms with Crippen molar-refractivity contribution in [2.24, 2.45) is 5.92 Å². The van der Waals surface area contributed by atoms with Crippen LogP contribution in [0.3, 0.4) is 0 Å². The molecule has 1 atom stereocenters. The monoisotopic (exact) mass is 569 g/mol. The van der Waals surface area contributed by atoms with Crippen LogP contribution in [0, 0.1) is 19.8 Å². The highest BCUT2D eigenvalue weighted by Crippen LogP contribution is 2.29. The van der Waals surface area contributed by atoms with Crippen LogP contribution in [0.25, 0.3) is 0 Å². The molecule has 0 unspecified atom stereocenters. The first kappa shape index (κ1) is 30.2. The Hall–Kier alpha value is -3.36. The van der Waals surface area contributed by atoms with Crippen LogP contribution in [0.1, 0.15) is 37.5 Å². The summed E-state index contributed by atoms with van der Waals surface area (Å²) in [4.78, 5) is 28.5. The van der Waals surface area contributed by atoms with Crippen molar-refractivity contribution in [3.8, 4) is 0 Å². The van der Waals surface area contributed by atoms with E-state index >= 15 is 0 Å². The maximum atomic E-state index is 13.9. The molecular weight excluding hydrogens is 534 g/mol. The Balaban J connectivity index is 2.03. The van der Waals surface area contributed by atoms with Crippen molar-refractivity contribution in [3.05, 3.63) is 94.5 Å². The first-order chi connectivity index (χ1) is 18.4. The van der Waals surface area contributed by atoms with Gasteiger partial charge in [-0.1, -0.05) is 73.5 Å². The van der Waals surface area contributed by atoms with Crippen molar-refractivity contribution in [2.75, 3.05) is 17.4 Å². The van der Waals surface area contributed by atoms with E-state index < -0.39 is 28.5 Å². The van der Waals surface area contributed by atoms with Crippen LogP contribution in [0.5, 0.6) is 0 Å². The topological polar surface area (TPSA) is 86.8 Å². The van der Waals surface area contributed by atoms with Gasteiger partial charge in [0, 0.05) is 18.1 Å². The van der Waals surface area contributed by atoms with Crippen molar-refractivity contribution in [2.45, 2.75) is 52.1 Å². The number of nitrogens with one attached hydrogen (secondary N) is 1. The Kier molecular flexibility index (Phi) is 10.2. The zero-order chi connectivity index (χ0) is 28.7. The SMILES string of the molecule is Cc1ccc(S(=O)(=O)N(CC(=O)N(Cc2ccccc2)[C@H](C)C(=O)NCC(C)C)c2ccc(Cl)cc2C)cc1. The smallest absolute Gasteiger partial charge is 0.264 e. The molecule has 0 saturated carbocycles. The number of hydrogen-bond acceptors (Lipinski definition) is 4. The van der Waals surface area contributed by atoms with E-state index in [9.17, 15) is 18.0 Å². The molecule has 2 amide bonds. The van der Waals surface area contributed by atoms with Crippen molar-refractivity contribution >= 4 is 39.1 Å². The average molecular weight is 570 g/mol. The largest absolute Gasteiger partial charge is 0.354 e. The third kappa shape index (κ3) is 7.83. The maximum Gasteiger partial charge on any atom is 0.264 e. The molecule has 0 heterocycles. The zero-order valence-electron chi connectivity index (χ0n) is 23.0. The number of carbonyl (C=O) groups is 2. The fourth-order valence-corrected chi connectivity index (χ4v) is 5.77. The molecule has 0 aromatic heterocycles. The first-order valence-electron chi connectivity index (χ1n) is 12.9. The lowest BCUT2D eigenvalue weighted by Gasteiger charge is -2.32. The van der Waals surface area contributed by atoms with Crippen LogP contribution < -0.4 is 9.62 Å². The Bertz CT molecular complexity index is 1390. The van der Waals surface area contributed by atoms with E-state index in [1.807, 2.05) is 51.1 Å². The van der Waals surface area contributed by atoms with Crippen LogP contribution >= 0.6 is 11.6 Å². The van der Waals surface area contributed by atoms with Gasteiger partial charge in [0.25, 0.3) is 10.0 Å². The molecule has 3 aromatic carbocycles. The third-order valence-corrected chi connectivity index (χ3v) is 8.37. The second-order valence-electron chi connectivity index (χ2n) is 10.1. The minimum atomic E-state index is -4.13. The summed E-state index contributed by atoms with van der Waals surface area (Å²) in [6, 6.07) is 19.8. The summed E-state index contributed by atoms with van der Waals surface area (Å²) in [5, 5.41) is 3.34. The number of hydrogen-bond donors (Lipinski definition) is 1. The molecular formula is C30H36ClN3O4S. The average Bonchev–Trinajstić information content (AvgIpc) is 2.89. The summed E-state index contributed by atoms with van der Waals surface area (Å²) in [6.45, 7) is 9.36. The number of aryl methyl sites for hydroxylation is 2. The summed E-state index contributed by atoms with van der Waals surface area (Å²) >= 11 is 6.16. The predicted octanol–water partition coefficient (Wildman–Crippen LogP) is 5.34. The van der Waals surface area contributed by atoms with E-state index in [2.05, 4.69) is 5.32 Å². The molecule has 0 aliphatic rings. The highest BCUT2D eigenvalue weighted by molar-refractivity contribution is 7.92. The van der Waals surface area contributed by atoms with Crippen LogP contribution in [-0.4, -0.2) is 44.3 Å². The normalized spacial score (nSPS) is 12.2. The molecule has 0 aliphatic heterocycles. The predicted molar refractivity (Wildman–Crippen MR) is 156 cm³/mol. The number of halogens is 1. The Morgan fingerprint density at radius 1 is 0.923 bits per heavy atom. The lowest BCUT2D eigenvalue weighted by Crippen LogP contribution is -2.51. The zero-order valence-corrected chi connectivity index (χ0v) is 24.6. The minimum absolute atomic E-state index is 0.0626. The maximum absolute atomic E-state index is 13.9. The van der Waals surface area contributed by atoms with Crippen molar-refractivity contribution in [3.63, 3.8) is 0 Å². The lowest BCUT2D eigenvalue weighted by atomic mass is 10.1. The highest BCUT2D eigenvalue weighted by atomic mass is 35.5. The number of nitrogens with zero attached hydrogens (tertiary/aromatic N) is 2. The van der Waals surface area contributed by atoms with Crippen molar-refractivity contribution < 1.29 is 18.0 Å². The Morgan fingerprint density at radius 2 is 1.56 bits per heavy atom. The van der Waals surface area contributed by atoms with Gasteiger partial charge >= 0.3 is 0 Å². The second kappa shape index (κ2) is 13.1.